The minimum Gasteiger partial charge on any atom is -0.307 e. The molecular weight excluding hydrogens is 362 g/mol. The van der Waals surface area contributed by atoms with Gasteiger partial charge in [-0.3, -0.25) is 0 Å². The third kappa shape index (κ3) is 2.36. The van der Waals surface area contributed by atoms with Crippen molar-refractivity contribution in [3.8, 4) is 0 Å². The fourth-order valence-electron chi connectivity index (χ4n) is 4.20. The molecule has 0 aromatic carbocycles. The Morgan fingerprint density at radius 3 is 2.81 bits per heavy atom. The Labute approximate surface area is 151 Å². The zero-order valence-electron chi connectivity index (χ0n) is 14.3. The van der Waals surface area contributed by atoms with E-state index in [-0.39, 0.29) is 13.0 Å². The number of anilines is 2. The molecule has 1 saturated carbocycles. The van der Waals surface area contributed by atoms with E-state index in [1.807, 2.05) is 6.07 Å². The number of hydrogen-bond donors (Lipinski definition) is 1. The molecule has 0 amide bonds. The first kappa shape index (κ1) is 16.4. The minimum absolute atomic E-state index is 0.204. The molecule has 26 heavy (non-hydrogen) atoms. The summed E-state index contributed by atoms with van der Waals surface area (Å²) in [5, 5.41) is 3.52. The van der Waals surface area contributed by atoms with Crippen LogP contribution in [0.15, 0.2) is 18.2 Å². The van der Waals surface area contributed by atoms with Crippen LogP contribution in [0.4, 0.5) is 20.3 Å². The van der Waals surface area contributed by atoms with Gasteiger partial charge in [0.1, 0.15) is 0 Å². The maximum atomic E-state index is 13.3. The summed E-state index contributed by atoms with van der Waals surface area (Å²) in [4.78, 5) is 4.59. The highest BCUT2D eigenvalue weighted by Crippen LogP contribution is 2.51. The van der Waals surface area contributed by atoms with Gasteiger partial charge in [0.15, 0.2) is 5.82 Å². The van der Waals surface area contributed by atoms with Crippen molar-refractivity contribution in [1.29, 1.82) is 0 Å². The van der Waals surface area contributed by atoms with Crippen LogP contribution >= 0.6 is 0 Å². The van der Waals surface area contributed by atoms with E-state index >= 15 is 0 Å². The number of halogens is 2. The lowest BCUT2D eigenvalue weighted by atomic mass is 10.00. The van der Waals surface area contributed by atoms with E-state index in [0.717, 1.165) is 39.1 Å². The van der Waals surface area contributed by atoms with Gasteiger partial charge in [0.2, 0.25) is 0 Å². The summed E-state index contributed by atoms with van der Waals surface area (Å²) in [6, 6.07) is 4.31. The van der Waals surface area contributed by atoms with Crippen molar-refractivity contribution >= 4 is 27.3 Å². The highest BCUT2D eigenvalue weighted by Gasteiger charge is 2.59. The van der Waals surface area contributed by atoms with Gasteiger partial charge < -0.3 is 5.32 Å². The van der Waals surface area contributed by atoms with Crippen LogP contribution in [-0.2, 0) is 10.2 Å². The Balaban J connectivity index is 1.49. The molecular formula is C17H20F2N4O2S. The Morgan fingerprint density at radius 2 is 2.12 bits per heavy atom. The van der Waals surface area contributed by atoms with E-state index < -0.39 is 22.0 Å². The van der Waals surface area contributed by atoms with Crippen LogP contribution in [0.5, 0.6) is 0 Å². The summed E-state index contributed by atoms with van der Waals surface area (Å²) in [5.74, 6) is -3.36. The first-order valence-electron chi connectivity index (χ1n) is 8.88. The molecule has 4 heterocycles. The molecule has 2 bridgehead atoms. The third-order valence-corrected chi connectivity index (χ3v) is 7.63. The predicted molar refractivity (Wildman–Crippen MR) is 94.5 cm³/mol. The van der Waals surface area contributed by atoms with Crippen LogP contribution in [0.3, 0.4) is 0 Å². The van der Waals surface area contributed by atoms with E-state index in [1.165, 1.54) is 7.05 Å². The van der Waals surface area contributed by atoms with Gasteiger partial charge in [0.25, 0.3) is 5.92 Å². The molecule has 5 rings (SSSR count). The maximum absolute atomic E-state index is 13.3. The quantitative estimate of drug-likeness (QED) is 0.870. The summed E-state index contributed by atoms with van der Waals surface area (Å²) in [7, 11) is -2.42. The SMILES string of the molecule is CN1c2nc(C3=CC4CCC(C3)N4)ccc2N(CC2CC2(F)F)S1(=O)=O. The second-order valence-corrected chi connectivity index (χ2v) is 9.54. The molecule has 1 aromatic rings. The summed E-state index contributed by atoms with van der Waals surface area (Å²) in [5.41, 5.74) is 2.27. The smallest absolute Gasteiger partial charge is 0.307 e. The van der Waals surface area contributed by atoms with Crippen molar-refractivity contribution in [2.75, 3.05) is 22.2 Å². The van der Waals surface area contributed by atoms with E-state index in [9.17, 15) is 17.2 Å². The number of aromatic nitrogens is 1. The molecule has 9 heteroatoms. The van der Waals surface area contributed by atoms with Crippen molar-refractivity contribution < 1.29 is 17.2 Å². The Kier molecular flexibility index (Phi) is 3.26. The third-order valence-electron chi connectivity index (χ3n) is 5.86. The van der Waals surface area contributed by atoms with E-state index in [2.05, 4.69) is 16.4 Å². The van der Waals surface area contributed by atoms with Crippen LogP contribution in [-0.4, -0.2) is 45.0 Å². The number of nitrogens with zero attached hydrogens (tertiary/aromatic N) is 3. The van der Waals surface area contributed by atoms with Gasteiger partial charge >= 0.3 is 10.2 Å². The lowest BCUT2D eigenvalue weighted by molar-refractivity contribution is 0.101. The number of nitrogens with one attached hydrogen (secondary N) is 1. The molecule has 6 nitrogen and oxygen atoms in total. The van der Waals surface area contributed by atoms with Crippen molar-refractivity contribution in [1.82, 2.24) is 10.3 Å². The second kappa shape index (κ2) is 5.16. The molecule has 1 aliphatic carbocycles. The molecule has 4 aliphatic rings. The molecule has 0 spiro atoms. The van der Waals surface area contributed by atoms with Crippen molar-refractivity contribution in [3.05, 3.63) is 23.9 Å². The van der Waals surface area contributed by atoms with Crippen LogP contribution in [0, 0.1) is 5.92 Å². The lowest BCUT2D eigenvalue weighted by Crippen LogP contribution is -2.37. The highest BCUT2D eigenvalue weighted by atomic mass is 32.2. The number of hydrogen-bond acceptors (Lipinski definition) is 4. The highest BCUT2D eigenvalue weighted by molar-refractivity contribution is 7.94. The Hall–Kier alpha value is -1.74. The van der Waals surface area contributed by atoms with Crippen LogP contribution in [0.2, 0.25) is 0 Å². The van der Waals surface area contributed by atoms with Gasteiger partial charge in [-0.1, -0.05) is 6.08 Å². The lowest BCUT2D eigenvalue weighted by Gasteiger charge is -2.21. The maximum Gasteiger partial charge on any atom is 0.327 e. The number of rotatable bonds is 3. The summed E-state index contributed by atoms with van der Waals surface area (Å²) < 4.78 is 54.1. The standard InChI is InChI=1S/C17H20F2N4O2S/c1-22-16-15(23(26(22,24)25)9-11-8-17(11,18)19)5-4-14(21-16)10-6-12-2-3-13(7-10)20-12/h4-6,11-13,20H,2-3,7-9H2,1H3. The van der Waals surface area contributed by atoms with Gasteiger partial charge in [0.05, 0.1) is 11.4 Å². The summed E-state index contributed by atoms with van der Waals surface area (Å²) in [6.07, 6.45) is 5.03. The molecule has 2 fully saturated rings. The molecule has 1 aromatic heterocycles. The fourth-order valence-corrected chi connectivity index (χ4v) is 5.60. The van der Waals surface area contributed by atoms with Gasteiger partial charge in [-0.25, -0.2) is 22.4 Å². The molecule has 140 valence electrons. The van der Waals surface area contributed by atoms with E-state index in [0.29, 0.717) is 23.6 Å². The summed E-state index contributed by atoms with van der Waals surface area (Å²) >= 11 is 0. The van der Waals surface area contributed by atoms with Gasteiger partial charge in [-0.2, -0.15) is 8.42 Å². The van der Waals surface area contributed by atoms with Crippen LogP contribution in [0.1, 0.15) is 31.4 Å². The number of pyridine rings is 1. The molecule has 3 atom stereocenters. The average molecular weight is 382 g/mol. The summed E-state index contributed by atoms with van der Waals surface area (Å²) in [6.45, 7) is -0.204. The van der Waals surface area contributed by atoms with Crippen molar-refractivity contribution in [2.24, 2.45) is 5.92 Å². The van der Waals surface area contributed by atoms with E-state index in [1.54, 1.807) is 6.07 Å². The monoisotopic (exact) mass is 382 g/mol. The first-order valence-corrected chi connectivity index (χ1v) is 10.3. The molecule has 3 unspecified atom stereocenters. The Bertz CT molecular complexity index is 917. The largest absolute Gasteiger partial charge is 0.327 e. The Morgan fingerprint density at radius 1 is 1.35 bits per heavy atom. The van der Waals surface area contributed by atoms with Gasteiger partial charge in [-0.05, 0) is 37.0 Å². The topological polar surface area (TPSA) is 65.5 Å². The molecule has 1 saturated heterocycles. The minimum atomic E-state index is -3.85. The predicted octanol–water partition coefficient (Wildman–Crippen LogP) is 2.15. The van der Waals surface area contributed by atoms with Gasteiger partial charge in [-0.15, -0.1) is 0 Å². The molecule has 0 radical (unpaired) electrons. The zero-order valence-corrected chi connectivity index (χ0v) is 15.1. The number of alkyl halides is 2. The zero-order chi connectivity index (χ0) is 18.3. The molecule has 1 N–H and O–H groups in total. The second-order valence-electron chi connectivity index (χ2n) is 7.65. The van der Waals surface area contributed by atoms with Crippen LogP contribution < -0.4 is 13.9 Å². The molecule has 3 aliphatic heterocycles. The van der Waals surface area contributed by atoms with Crippen molar-refractivity contribution in [2.45, 2.75) is 43.7 Å². The first-order chi connectivity index (χ1) is 12.3. The fraction of sp³-hybridized carbons (Fsp3) is 0.588. The van der Waals surface area contributed by atoms with Crippen molar-refractivity contribution in [3.63, 3.8) is 0 Å². The van der Waals surface area contributed by atoms with Gasteiger partial charge in [0, 0.05) is 38.0 Å². The average Bonchev–Trinajstić information content (AvgIpc) is 2.99. The van der Waals surface area contributed by atoms with Crippen LogP contribution in [0.25, 0.3) is 5.57 Å². The normalized spacial score (nSPS) is 33.2. The van der Waals surface area contributed by atoms with E-state index in [4.69, 9.17) is 0 Å². The number of fused-ring (bicyclic) bond motifs is 3.